The first-order valence-corrected chi connectivity index (χ1v) is 9.19. The number of imidazole rings is 1. The van der Waals surface area contributed by atoms with Crippen LogP contribution in [0.1, 0.15) is 28.5 Å². The SMILES string of the molecule is CCc1ccc([N+](=O)[O-])cc1NC(=O)c1cnc(N=C2C(=O)Nc3ccc(F)cc32)[nH]1. The van der Waals surface area contributed by atoms with Gasteiger partial charge in [0.15, 0.2) is 0 Å². The molecule has 0 bridgehead atoms. The van der Waals surface area contributed by atoms with E-state index in [2.05, 4.69) is 25.6 Å². The van der Waals surface area contributed by atoms with E-state index in [1.807, 2.05) is 6.92 Å². The van der Waals surface area contributed by atoms with Crippen LogP contribution in [0, 0.1) is 15.9 Å². The van der Waals surface area contributed by atoms with Crippen molar-refractivity contribution >= 4 is 40.5 Å². The molecule has 2 aromatic carbocycles. The highest BCUT2D eigenvalue weighted by Crippen LogP contribution is 2.26. The number of non-ortho nitro benzene ring substituents is 1. The standard InChI is InChI=1S/C20H15FN6O4/c1-2-10-3-5-12(27(30)31)8-15(10)24-18(28)16-9-22-20(25-16)26-17-13-7-11(21)4-6-14(13)23-19(17)29/h3-9H,2H2,1H3,(H,24,28)(H2,22,23,25,26,29). The molecular weight excluding hydrogens is 407 g/mol. The van der Waals surface area contributed by atoms with Gasteiger partial charge in [0.1, 0.15) is 17.2 Å². The van der Waals surface area contributed by atoms with Crippen molar-refractivity contribution in [2.75, 3.05) is 10.6 Å². The molecule has 4 rings (SSSR count). The van der Waals surface area contributed by atoms with Crippen LogP contribution >= 0.6 is 0 Å². The second-order valence-electron chi connectivity index (χ2n) is 6.63. The molecule has 3 aromatic rings. The van der Waals surface area contributed by atoms with E-state index in [0.29, 0.717) is 17.8 Å². The van der Waals surface area contributed by atoms with Crippen molar-refractivity contribution in [2.24, 2.45) is 4.99 Å². The molecule has 0 spiro atoms. The van der Waals surface area contributed by atoms with Crippen LogP contribution in [0.15, 0.2) is 47.6 Å². The molecule has 0 saturated heterocycles. The highest BCUT2D eigenvalue weighted by molar-refractivity contribution is 6.54. The van der Waals surface area contributed by atoms with Crippen molar-refractivity contribution in [3.8, 4) is 0 Å². The first-order chi connectivity index (χ1) is 14.9. The Labute approximate surface area is 174 Å². The van der Waals surface area contributed by atoms with Crippen molar-refractivity contribution in [3.63, 3.8) is 0 Å². The minimum absolute atomic E-state index is 0.0258. The number of benzene rings is 2. The molecule has 11 heteroatoms. The fourth-order valence-corrected chi connectivity index (χ4v) is 3.12. The zero-order valence-corrected chi connectivity index (χ0v) is 16.1. The molecule has 0 fully saturated rings. The van der Waals surface area contributed by atoms with Crippen molar-refractivity contribution in [1.82, 2.24) is 9.97 Å². The number of nitrogens with one attached hydrogen (secondary N) is 3. The summed E-state index contributed by atoms with van der Waals surface area (Å²) in [7, 11) is 0. The molecular formula is C20H15FN6O4. The van der Waals surface area contributed by atoms with Crippen molar-refractivity contribution in [3.05, 3.63) is 75.3 Å². The molecule has 0 atom stereocenters. The first kappa shape index (κ1) is 19.9. The summed E-state index contributed by atoms with van der Waals surface area (Å²) >= 11 is 0. The molecule has 10 nitrogen and oxygen atoms in total. The maximum atomic E-state index is 13.5. The number of hydrogen-bond acceptors (Lipinski definition) is 6. The first-order valence-electron chi connectivity index (χ1n) is 9.19. The Morgan fingerprint density at radius 2 is 2.10 bits per heavy atom. The number of nitrogens with zero attached hydrogens (tertiary/aromatic N) is 3. The van der Waals surface area contributed by atoms with E-state index in [0.717, 1.165) is 5.56 Å². The number of aromatic amines is 1. The number of H-pyrrole nitrogens is 1. The van der Waals surface area contributed by atoms with Gasteiger partial charge in [-0.25, -0.2) is 14.4 Å². The Balaban J connectivity index is 1.59. The number of hydrogen-bond donors (Lipinski definition) is 3. The highest BCUT2D eigenvalue weighted by atomic mass is 19.1. The zero-order valence-electron chi connectivity index (χ0n) is 16.1. The van der Waals surface area contributed by atoms with Crippen LogP contribution in [0.25, 0.3) is 0 Å². The van der Waals surface area contributed by atoms with E-state index in [1.54, 1.807) is 6.07 Å². The summed E-state index contributed by atoms with van der Waals surface area (Å²) in [5.41, 5.74) is 1.59. The third kappa shape index (κ3) is 3.88. The van der Waals surface area contributed by atoms with Crippen LogP contribution in [0.2, 0.25) is 0 Å². The summed E-state index contributed by atoms with van der Waals surface area (Å²) in [6.07, 6.45) is 1.78. The molecule has 2 heterocycles. The average Bonchev–Trinajstić information content (AvgIpc) is 3.33. The summed E-state index contributed by atoms with van der Waals surface area (Å²) in [5.74, 6) is -1.66. The number of carbonyl (C=O) groups is 2. The molecule has 0 radical (unpaired) electrons. The van der Waals surface area contributed by atoms with Crippen LogP contribution in [0.3, 0.4) is 0 Å². The number of halogens is 1. The van der Waals surface area contributed by atoms with Gasteiger partial charge in [0, 0.05) is 17.7 Å². The maximum Gasteiger partial charge on any atom is 0.275 e. The normalized spacial score (nSPS) is 13.7. The molecule has 31 heavy (non-hydrogen) atoms. The fraction of sp³-hybridized carbons (Fsp3) is 0.100. The minimum Gasteiger partial charge on any atom is -0.320 e. The second-order valence-corrected chi connectivity index (χ2v) is 6.63. The van der Waals surface area contributed by atoms with Crippen molar-refractivity contribution in [2.45, 2.75) is 13.3 Å². The predicted octanol–water partition coefficient (Wildman–Crippen LogP) is 3.34. The Bertz CT molecular complexity index is 1270. The summed E-state index contributed by atoms with van der Waals surface area (Å²) in [5, 5.41) is 16.2. The largest absolute Gasteiger partial charge is 0.320 e. The third-order valence-electron chi connectivity index (χ3n) is 4.66. The molecule has 1 aliphatic rings. The molecule has 0 unspecified atom stereocenters. The molecule has 1 aromatic heterocycles. The van der Waals surface area contributed by atoms with Gasteiger partial charge in [-0.1, -0.05) is 13.0 Å². The minimum atomic E-state index is -0.587. The summed E-state index contributed by atoms with van der Waals surface area (Å²) in [4.78, 5) is 46.0. The number of rotatable bonds is 5. The van der Waals surface area contributed by atoms with Gasteiger partial charge in [-0.3, -0.25) is 19.7 Å². The Morgan fingerprint density at radius 1 is 1.29 bits per heavy atom. The lowest BCUT2D eigenvalue weighted by Crippen LogP contribution is -2.14. The molecule has 1 aliphatic heterocycles. The predicted molar refractivity (Wildman–Crippen MR) is 110 cm³/mol. The van der Waals surface area contributed by atoms with Crippen LogP contribution in [0.4, 0.5) is 27.4 Å². The topological polar surface area (TPSA) is 142 Å². The number of amides is 2. The smallest absolute Gasteiger partial charge is 0.275 e. The number of aryl methyl sites for hydroxylation is 1. The van der Waals surface area contributed by atoms with Crippen molar-refractivity contribution in [1.29, 1.82) is 0 Å². The van der Waals surface area contributed by atoms with E-state index in [1.165, 1.54) is 36.5 Å². The van der Waals surface area contributed by atoms with Gasteiger partial charge in [0.05, 0.1) is 22.5 Å². The van der Waals surface area contributed by atoms with Gasteiger partial charge >= 0.3 is 0 Å². The van der Waals surface area contributed by atoms with Gasteiger partial charge < -0.3 is 15.6 Å². The highest BCUT2D eigenvalue weighted by Gasteiger charge is 2.27. The van der Waals surface area contributed by atoms with E-state index < -0.39 is 22.6 Å². The summed E-state index contributed by atoms with van der Waals surface area (Å²) in [6.45, 7) is 1.86. The lowest BCUT2D eigenvalue weighted by Gasteiger charge is -2.08. The number of aromatic nitrogens is 2. The second kappa shape index (κ2) is 7.78. The van der Waals surface area contributed by atoms with Gasteiger partial charge in [-0.05, 0) is 30.2 Å². The molecule has 156 valence electrons. The Kier molecular flexibility index (Phi) is 4.99. The maximum absolute atomic E-state index is 13.5. The number of anilines is 2. The van der Waals surface area contributed by atoms with Crippen LogP contribution < -0.4 is 10.6 Å². The van der Waals surface area contributed by atoms with E-state index >= 15 is 0 Å². The van der Waals surface area contributed by atoms with Gasteiger partial charge in [-0.15, -0.1) is 0 Å². The van der Waals surface area contributed by atoms with Crippen molar-refractivity contribution < 1.29 is 18.9 Å². The number of carbonyl (C=O) groups excluding carboxylic acids is 2. The fourth-order valence-electron chi connectivity index (χ4n) is 3.12. The van der Waals surface area contributed by atoms with Crippen LogP contribution in [0.5, 0.6) is 0 Å². The lowest BCUT2D eigenvalue weighted by atomic mass is 10.1. The lowest BCUT2D eigenvalue weighted by molar-refractivity contribution is -0.384. The van der Waals surface area contributed by atoms with E-state index in [9.17, 15) is 24.1 Å². The van der Waals surface area contributed by atoms with Gasteiger partial charge in [0.2, 0.25) is 5.95 Å². The number of nitro benzene ring substituents is 1. The molecule has 3 N–H and O–H groups in total. The van der Waals surface area contributed by atoms with Crippen LogP contribution in [-0.2, 0) is 11.2 Å². The number of nitro groups is 1. The zero-order chi connectivity index (χ0) is 22.1. The summed E-state index contributed by atoms with van der Waals surface area (Å²) in [6, 6.07) is 8.05. The molecule has 0 aliphatic carbocycles. The number of fused-ring (bicyclic) bond motifs is 1. The Morgan fingerprint density at radius 3 is 2.84 bits per heavy atom. The van der Waals surface area contributed by atoms with E-state index in [4.69, 9.17) is 0 Å². The molecule has 0 saturated carbocycles. The molecule has 2 amide bonds. The average molecular weight is 422 g/mol. The van der Waals surface area contributed by atoms with Crippen LogP contribution in [-0.4, -0.2) is 32.4 Å². The number of aliphatic imine (C=N–C) groups is 1. The summed E-state index contributed by atoms with van der Waals surface area (Å²) < 4.78 is 13.5. The quantitative estimate of drug-likeness (QED) is 0.427. The van der Waals surface area contributed by atoms with Gasteiger partial charge in [0.25, 0.3) is 17.5 Å². The van der Waals surface area contributed by atoms with E-state index in [-0.39, 0.29) is 28.6 Å². The monoisotopic (exact) mass is 422 g/mol. The third-order valence-corrected chi connectivity index (χ3v) is 4.66. The van der Waals surface area contributed by atoms with Gasteiger partial charge in [-0.2, -0.15) is 0 Å². The Hall–Kier alpha value is -4.41.